The molecular weight excluding hydrogens is 834 g/mol. The lowest BCUT2D eigenvalue weighted by Crippen LogP contribution is -2.60. The molecule has 0 radical (unpaired) electrons. The number of hydrogen-bond donors (Lipinski definition) is 9. The molecule has 0 aromatic heterocycles. The van der Waals surface area contributed by atoms with Crippen LogP contribution in [0, 0.1) is 5.92 Å². The smallest absolute Gasteiger partial charge is 0.326 e. The van der Waals surface area contributed by atoms with Gasteiger partial charge >= 0.3 is 12.0 Å². The molecule has 17 nitrogen and oxygen atoms in total. The first kappa shape index (κ1) is 49.3. The predicted octanol–water partition coefficient (Wildman–Crippen LogP) is 2.94. The first-order chi connectivity index (χ1) is 30.0. The maximum absolute atomic E-state index is 14.2. The number of carboxylic acid groups (broad SMARTS) is 1. The van der Waals surface area contributed by atoms with Crippen LogP contribution in [0.3, 0.4) is 0 Å². The van der Waals surface area contributed by atoms with Gasteiger partial charge in [0.1, 0.15) is 41.7 Å². The number of carbonyl (C=O) groups is 7. The maximum atomic E-state index is 14.2. The van der Waals surface area contributed by atoms with Gasteiger partial charge < -0.3 is 52.1 Å². The van der Waals surface area contributed by atoms with Gasteiger partial charge in [-0.2, -0.15) is 0 Å². The van der Waals surface area contributed by atoms with Gasteiger partial charge in [0, 0.05) is 20.0 Å². The molecule has 0 bridgehead atoms. The molecule has 1 fully saturated rings. The van der Waals surface area contributed by atoms with Crippen molar-refractivity contribution in [2.24, 2.45) is 5.92 Å². The lowest BCUT2D eigenvalue weighted by molar-refractivity contribution is -0.140. The van der Waals surface area contributed by atoms with Crippen LogP contribution in [0.25, 0.3) is 0 Å². The van der Waals surface area contributed by atoms with Crippen LogP contribution >= 0.6 is 11.6 Å². The highest BCUT2D eigenvalue weighted by Gasteiger charge is 2.34. The highest BCUT2D eigenvalue weighted by atomic mass is 35.5. The molecule has 9 N–H and O–H groups in total. The lowest BCUT2D eigenvalue weighted by atomic mass is 9.96. The van der Waals surface area contributed by atoms with Crippen molar-refractivity contribution >= 4 is 53.1 Å². The van der Waals surface area contributed by atoms with Crippen molar-refractivity contribution in [3.05, 3.63) is 94.5 Å². The summed E-state index contributed by atoms with van der Waals surface area (Å²) < 4.78 is 0. The topological polar surface area (TPSA) is 256 Å². The number of aromatic hydroxyl groups is 2. The number of rotatable bonds is 13. The molecule has 18 heteroatoms. The second-order valence-electron chi connectivity index (χ2n) is 15.8. The number of carboxylic acids is 1. The van der Waals surface area contributed by atoms with Crippen molar-refractivity contribution in [1.29, 1.82) is 0 Å². The third-order valence-corrected chi connectivity index (χ3v) is 11.2. The van der Waals surface area contributed by atoms with Crippen molar-refractivity contribution in [3.8, 4) is 11.5 Å². The Morgan fingerprint density at radius 2 is 1.49 bits per heavy atom. The van der Waals surface area contributed by atoms with E-state index in [0.29, 0.717) is 24.0 Å². The molecule has 1 saturated heterocycles. The highest BCUT2D eigenvalue weighted by molar-refractivity contribution is 6.32. The van der Waals surface area contributed by atoms with Gasteiger partial charge in [0.25, 0.3) is 0 Å². The monoisotopic (exact) mass is 891 g/mol. The normalized spacial score (nSPS) is 20.6. The summed E-state index contributed by atoms with van der Waals surface area (Å²) in [7, 11) is 1.39. The van der Waals surface area contributed by atoms with Crippen molar-refractivity contribution in [2.45, 2.75) is 102 Å². The van der Waals surface area contributed by atoms with Gasteiger partial charge in [0.2, 0.25) is 29.5 Å². The predicted molar refractivity (Wildman–Crippen MR) is 235 cm³/mol. The minimum absolute atomic E-state index is 0.0254. The summed E-state index contributed by atoms with van der Waals surface area (Å²) >= 11 is 6.10. The number of hydrogen-bond acceptors (Lipinski definition) is 9. The molecule has 1 heterocycles. The zero-order valence-electron chi connectivity index (χ0n) is 35.7. The quantitative estimate of drug-likeness (QED) is 0.121. The van der Waals surface area contributed by atoms with Crippen LogP contribution in [0.2, 0.25) is 5.02 Å². The molecule has 0 aliphatic carbocycles. The van der Waals surface area contributed by atoms with Gasteiger partial charge in [-0.25, -0.2) is 9.59 Å². The summed E-state index contributed by atoms with van der Waals surface area (Å²) in [6.45, 7) is 3.22. The minimum atomic E-state index is -1.33. The summed E-state index contributed by atoms with van der Waals surface area (Å²) in [5.41, 5.74) is 2.11. The summed E-state index contributed by atoms with van der Waals surface area (Å²) in [6, 6.07) is 12.7. The summed E-state index contributed by atoms with van der Waals surface area (Å²) in [5, 5.41) is 45.8. The van der Waals surface area contributed by atoms with E-state index in [4.69, 9.17) is 11.6 Å². The molecule has 6 atom stereocenters. The molecule has 3 aromatic rings. The Hall–Kier alpha value is -6.36. The largest absolute Gasteiger partial charge is 0.508 e. The first-order valence-corrected chi connectivity index (χ1v) is 21.4. The number of aryl methyl sites for hydroxylation is 2. The Morgan fingerprint density at radius 1 is 0.825 bits per heavy atom. The van der Waals surface area contributed by atoms with E-state index in [-0.39, 0.29) is 68.0 Å². The Bertz CT molecular complexity index is 2060. The number of amides is 7. The molecule has 4 rings (SSSR count). The average molecular weight is 892 g/mol. The summed E-state index contributed by atoms with van der Waals surface area (Å²) in [6.07, 6.45) is 1.81. The molecular formula is C45H58ClN7O10. The molecule has 0 spiro atoms. The van der Waals surface area contributed by atoms with E-state index >= 15 is 0 Å². The van der Waals surface area contributed by atoms with Crippen LogP contribution in [0.4, 0.5) is 4.79 Å². The highest BCUT2D eigenvalue weighted by Crippen LogP contribution is 2.24. The van der Waals surface area contributed by atoms with Crippen LogP contribution in [-0.2, 0) is 48.0 Å². The van der Waals surface area contributed by atoms with Crippen molar-refractivity contribution in [3.63, 3.8) is 0 Å². The van der Waals surface area contributed by atoms with E-state index in [1.807, 2.05) is 6.92 Å². The van der Waals surface area contributed by atoms with Crippen LogP contribution in [0.1, 0.15) is 69.1 Å². The van der Waals surface area contributed by atoms with Gasteiger partial charge in [0.15, 0.2) is 0 Å². The van der Waals surface area contributed by atoms with Gasteiger partial charge in [-0.3, -0.25) is 24.0 Å². The number of benzene rings is 3. The molecule has 1 unspecified atom stereocenters. The van der Waals surface area contributed by atoms with E-state index in [0.717, 1.165) is 10.5 Å². The SMILES string of the molecule is CC[C@@H](C)C1NC(=O)[C@H](NC(=O)N[C@@H](Cc2ccccc2)C(=O)O)CCCCNC(=O)[C@H](CCc2ccc(O)c(Cl)c2)NC(=O)CN(C)C(=O)[C@H](CCc2ccc(O)cc2)NC1=O. The van der Waals surface area contributed by atoms with Gasteiger partial charge in [-0.1, -0.05) is 80.4 Å². The van der Waals surface area contributed by atoms with Crippen LogP contribution in [0.15, 0.2) is 72.8 Å². The Kier molecular flexibility index (Phi) is 19.0. The number of nitrogens with one attached hydrogen (secondary N) is 6. The van der Waals surface area contributed by atoms with E-state index < -0.39 is 84.2 Å². The lowest BCUT2D eigenvalue weighted by Gasteiger charge is -2.30. The number of likely N-dealkylation sites (N-methyl/N-ethyl adjacent to an activating group) is 1. The Labute approximate surface area is 371 Å². The van der Waals surface area contributed by atoms with E-state index in [9.17, 15) is 48.9 Å². The van der Waals surface area contributed by atoms with E-state index in [2.05, 4.69) is 31.9 Å². The van der Waals surface area contributed by atoms with Crippen molar-refractivity contribution in [2.75, 3.05) is 20.1 Å². The Morgan fingerprint density at radius 3 is 2.16 bits per heavy atom. The summed E-state index contributed by atoms with van der Waals surface area (Å²) in [5.74, 6) is -4.99. The number of phenols is 2. The van der Waals surface area contributed by atoms with Gasteiger partial charge in [-0.05, 0) is 91.8 Å². The molecule has 1 aliphatic heterocycles. The van der Waals surface area contributed by atoms with Crippen molar-refractivity contribution in [1.82, 2.24) is 36.8 Å². The number of nitrogens with zero attached hydrogens (tertiary/aromatic N) is 1. The second kappa shape index (κ2) is 24.3. The number of halogens is 1. The number of phenolic OH excluding ortho intramolecular Hbond substituents is 2. The fourth-order valence-corrected chi connectivity index (χ4v) is 7.22. The number of carbonyl (C=O) groups excluding carboxylic acids is 6. The molecule has 63 heavy (non-hydrogen) atoms. The fourth-order valence-electron chi connectivity index (χ4n) is 7.02. The molecule has 7 amide bonds. The summed E-state index contributed by atoms with van der Waals surface area (Å²) in [4.78, 5) is 96.1. The van der Waals surface area contributed by atoms with Gasteiger partial charge in [0.05, 0.1) is 11.6 Å². The van der Waals surface area contributed by atoms with E-state index in [1.54, 1.807) is 61.5 Å². The zero-order chi connectivity index (χ0) is 46.1. The standard InChI is InChI=1S/C45H58ClN7O10/c1-4-27(2)39-42(59)49-35(21-15-28-13-18-31(54)19-14-28)43(60)53(3)26-38(56)48-34(20-16-30-17-22-37(55)32(46)24-30)40(57)47-23-9-8-12-33(41(58)52-39)50-45(63)51-36(44(61)62)25-29-10-6-5-7-11-29/h5-7,10-11,13-14,17-19,22,24,27,33-36,39,54-55H,4,8-9,12,15-16,20-21,23,25-26H2,1-3H3,(H,47,57)(H,48,56)(H,49,59)(H,52,58)(H,61,62)(H2,50,51,63)/t27-,33-,34+,35+,36+,39?/m1/s1. The Balaban J connectivity index is 1.62. The second-order valence-corrected chi connectivity index (χ2v) is 16.2. The van der Waals surface area contributed by atoms with Gasteiger partial charge in [-0.15, -0.1) is 0 Å². The third-order valence-electron chi connectivity index (χ3n) is 10.9. The van der Waals surface area contributed by atoms with E-state index in [1.165, 1.54) is 25.2 Å². The number of urea groups is 1. The molecule has 3 aromatic carbocycles. The average Bonchev–Trinajstić information content (AvgIpc) is 3.25. The first-order valence-electron chi connectivity index (χ1n) is 21.1. The minimum Gasteiger partial charge on any atom is -0.508 e. The van der Waals surface area contributed by atoms with Crippen LogP contribution < -0.4 is 31.9 Å². The third kappa shape index (κ3) is 15.8. The zero-order valence-corrected chi connectivity index (χ0v) is 36.5. The molecule has 340 valence electrons. The number of aliphatic carboxylic acids is 1. The van der Waals surface area contributed by atoms with Crippen LogP contribution in [-0.4, -0.2) is 112 Å². The fraction of sp³-hybridized carbons (Fsp3) is 0.444. The van der Waals surface area contributed by atoms with Crippen molar-refractivity contribution < 1.29 is 48.9 Å². The maximum Gasteiger partial charge on any atom is 0.326 e. The van der Waals surface area contributed by atoms with Crippen LogP contribution in [0.5, 0.6) is 11.5 Å². The molecule has 0 saturated carbocycles. The molecule has 1 aliphatic rings.